The maximum atomic E-state index is 12.7. The molecule has 0 saturated carbocycles. The molecule has 27 heavy (non-hydrogen) atoms. The Balaban J connectivity index is 1.80. The molecule has 0 radical (unpaired) electrons. The Morgan fingerprint density at radius 3 is 2.85 bits per heavy atom. The first-order chi connectivity index (χ1) is 12.8. The lowest BCUT2D eigenvalue weighted by atomic mass is 10.0. The number of carbonyl (C=O) groups excluding carboxylic acids is 3. The van der Waals surface area contributed by atoms with E-state index < -0.39 is 12.2 Å². The van der Waals surface area contributed by atoms with Gasteiger partial charge in [-0.25, -0.2) is 4.79 Å². The monoisotopic (exact) mass is 373 g/mol. The molecule has 2 amide bonds. The summed E-state index contributed by atoms with van der Waals surface area (Å²) in [5.41, 5.74) is 1.76. The second-order valence-electron chi connectivity index (χ2n) is 6.78. The van der Waals surface area contributed by atoms with Gasteiger partial charge in [0.2, 0.25) is 5.91 Å². The summed E-state index contributed by atoms with van der Waals surface area (Å²) in [4.78, 5) is 39.3. The van der Waals surface area contributed by atoms with Crippen LogP contribution in [0, 0.1) is 0 Å². The third kappa shape index (κ3) is 4.21. The fraction of sp³-hybridized carbons (Fsp3) is 0.421. The molecular weight excluding hydrogens is 350 g/mol. The van der Waals surface area contributed by atoms with Crippen molar-refractivity contribution in [3.8, 4) is 5.75 Å². The Labute approximate surface area is 157 Å². The van der Waals surface area contributed by atoms with Gasteiger partial charge in [-0.15, -0.1) is 0 Å². The summed E-state index contributed by atoms with van der Waals surface area (Å²) in [5, 5.41) is 2.64. The van der Waals surface area contributed by atoms with E-state index in [1.807, 2.05) is 19.0 Å². The molecule has 1 N–H and O–H groups in total. The van der Waals surface area contributed by atoms with Crippen LogP contribution in [0.3, 0.4) is 0 Å². The highest BCUT2D eigenvalue weighted by molar-refractivity contribution is 6.11. The Bertz CT molecular complexity index is 803. The summed E-state index contributed by atoms with van der Waals surface area (Å²) < 4.78 is 11.0. The third-order valence-electron chi connectivity index (χ3n) is 4.31. The van der Waals surface area contributed by atoms with E-state index in [0.717, 1.165) is 0 Å². The number of anilines is 1. The molecule has 1 unspecified atom stereocenters. The smallest absolute Gasteiger partial charge is 0.414 e. The molecule has 8 nitrogen and oxygen atoms in total. The second kappa shape index (κ2) is 7.69. The molecular formula is C19H23N3O5. The number of fused-ring (bicyclic) bond motifs is 1. The van der Waals surface area contributed by atoms with Crippen molar-refractivity contribution in [2.45, 2.75) is 19.4 Å². The Kier molecular flexibility index (Phi) is 5.34. The van der Waals surface area contributed by atoms with Gasteiger partial charge < -0.3 is 19.7 Å². The van der Waals surface area contributed by atoms with Gasteiger partial charge in [-0.1, -0.05) is 0 Å². The fourth-order valence-corrected chi connectivity index (χ4v) is 3.07. The average molecular weight is 373 g/mol. The van der Waals surface area contributed by atoms with E-state index >= 15 is 0 Å². The molecule has 144 valence electrons. The van der Waals surface area contributed by atoms with Crippen molar-refractivity contribution in [1.29, 1.82) is 0 Å². The first-order valence-electron chi connectivity index (χ1n) is 8.76. The minimum absolute atomic E-state index is 0.0738. The topological polar surface area (TPSA) is 88.2 Å². The predicted octanol–water partition coefficient (Wildman–Crippen LogP) is 1.56. The number of ether oxygens (including phenoxy) is 2. The van der Waals surface area contributed by atoms with E-state index in [-0.39, 0.29) is 18.2 Å². The number of ketones is 1. The lowest BCUT2D eigenvalue weighted by Crippen LogP contribution is -2.33. The first-order valence-corrected chi connectivity index (χ1v) is 8.76. The van der Waals surface area contributed by atoms with Crippen LogP contribution in [0.4, 0.5) is 10.5 Å². The molecule has 1 aromatic carbocycles. The van der Waals surface area contributed by atoms with Gasteiger partial charge >= 0.3 is 6.09 Å². The van der Waals surface area contributed by atoms with Gasteiger partial charge in [0, 0.05) is 45.3 Å². The van der Waals surface area contributed by atoms with E-state index in [1.54, 1.807) is 24.4 Å². The highest BCUT2D eigenvalue weighted by Gasteiger charge is 2.33. The van der Waals surface area contributed by atoms with Crippen molar-refractivity contribution in [1.82, 2.24) is 10.2 Å². The molecule has 8 heteroatoms. The normalized spacial score (nSPS) is 20.6. The molecule has 2 heterocycles. The number of hydrogen-bond acceptors (Lipinski definition) is 6. The Morgan fingerprint density at radius 1 is 1.37 bits per heavy atom. The van der Waals surface area contributed by atoms with E-state index in [0.29, 0.717) is 42.1 Å². The fourth-order valence-electron chi connectivity index (χ4n) is 3.07. The van der Waals surface area contributed by atoms with Gasteiger partial charge in [0.1, 0.15) is 11.9 Å². The van der Waals surface area contributed by atoms with Gasteiger partial charge in [-0.3, -0.25) is 14.5 Å². The molecule has 1 fully saturated rings. The van der Waals surface area contributed by atoms with E-state index in [9.17, 15) is 14.4 Å². The van der Waals surface area contributed by atoms with Crippen molar-refractivity contribution in [3.63, 3.8) is 0 Å². The molecule has 1 aromatic rings. The van der Waals surface area contributed by atoms with Crippen LogP contribution in [0.1, 0.15) is 23.7 Å². The van der Waals surface area contributed by atoms with Gasteiger partial charge in [0.15, 0.2) is 5.78 Å². The van der Waals surface area contributed by atoms with Crippen LogP contribution in [-0.4, -0.2) is 62.6 Å². The molecule has 0 aromatic heterocycles. The van der Waals surface area contributed by atoms with Crippen LogP contribution in [0.15, 0.2) is 30.0 Å². The first kappa shape index (κ1) is 18.8. The lowest BCUT2D eigenvalue weighted by Gasteiger charge is -2.15. The quantitative estimate of drug-likeness (QED) is 0.806. The Hall–Kier alpha value is -3.03. The van der Waals surface area contributed by atoms with Crippen molar-refractivity contribution >= 4 is 23.5 Å². The molecule has 0 aliphatic carbocycles. The van der Waals surface area contributed by atoms with Crippen LogP contribution in [0.25, 0.3) is 0 Å². The zero-order valence-electron chi connectivity index (χ0n) is 15.7. The lowest BCUT2D eigenvalue weighted by molar-refractivity contribution is -0.119. The van der Waals surface area contributed by atoms with Crippen molar-refractivity contribution in [2.24, 2.45) is 0 Å². The summed E-state index contributed by atoms with van der Waals surface area (Å²) in [6.07, 6.45) is 1.42. The highest BCUT2D eigenvalue weighted by atomic mass is 16.6. The van der Waals surface area contributed by atoms with Crippen molar-refractivity contribution in [3.05, 3.63) is 35.5 Å². The second-order valence-corrected chi connectivity index (χ2v) is 6.78. The van der Waals surface area contributed by atoms with Crippen LogP contribution < -0.4 is 15.0 Å². The maximum absolute atomic E-state index is 12.7. The summed E-state index contributed by atoms with van der Waals surface area (Å²) in [6, 6.07) is 5.07. The largest absolute Gasteiger partial charge is 0.492 e. The molecule has 2 aliphatic rings. The molecule has 2 aliphatic heterocycles. The molecule has 0 bridgehead atoms. The zero-order valence-corrected chi connectivity index (χ0v) is 15.7. The summed E-state index contributed by atoms with van der Waals surface area (Å²) in [7, 11) is 3.73. The molecule has 1 atom stereocenters. The number of nitrogens with one attached hydrogen (secondary N) is 1. The molecule has 3 rings (SSSR count). The number of amides is 2. The van der Waals surface area contributed by atoms with Crippen molar-refractivity contribution in [2.75, 3.05) is 38.7 Å². The number of Topliss-reactive ketones (excluding diaryl/α,β-unsaturated/α-hetero) is 1. The standard InChI is InChI=1S/C19H23N3O5/c1-12(23)20-9-15-11-22(19(25)27-15)14-4-5-16-17(8-14)26-7-6-13(18(16)24)10-21(2)3/h4-5,8,10,15H,6-7,9,11H2,1-3H3,(H,20,23)/b13-10-. The van der Waals surface area contributed by atoms with Gasteiger partial charge in [-0.2, -0.15) is 0 Å². The van der Waals surface area contributed by atoms with Crippen LogP contribution in [0.2, 0.25) is 0 Å². The Morgan fingerprint density at radius 2 is 2.15 bits per heavy atom. The minimum atomic E-state index is -0.488. The number of nitrogens with zero attached hydrogens (tertiary/aromatic N) is 2. The summed E-state index contributed by atoms with van der Waals surface area (Å²) >= 11 is 0. The minimum Gasteiger partial charge on any atom is -0.492 e. The maximum Gasteiger partial charge on any atom is 0.414 e. The van der Waals surface area contributed by atoms with Crippen LogP contribution in [-0.2, 0) is 9.53 Å². The van der Waals surface area contributed by atoms with E-state index in [2.05, 4.69) is 5.32 Å². The molecule has 1 saturated heterocycles. The average Bonchev–Trinajstić information content (AvgIpc) is 2.91. The third-order valence-corrected chi connectivity index (χ3v) is 4.31. The summed E-state index contributed by atoms with van der Waals surface area (Å²) in [5.74, 6) is 0.205. The SMILES string of the molecule is CC(=O)NCC1CN(c2ccc3c(c2)OCC/C(=C/N(C)C)C3=O)C(=O)O1. The number of hydrogen-bond donors (Lipinski definition) is 1. The summed E-state index contributed by atoms with van der Waals surface area (Å²) in [6.45, 7) is 2.37. The highest BCUT2D eigenvalue weighted by Crippen LogP contribution is 2.32. The molecule has 0 spiro atoms. The predicted molar refractivity (Wildman–Crippen MR) is 99.0 cm³/mol. The number of carbonyl (C=O) groups is 3. The van der Waals surface area contributed by atoms with Crippen LogP contribution in [0.5, 0.6) is 5.75 Å². The zero-order chi connectivity index (χ0) is 19.6. The van der Waals surface area contributed by atoms with Gasteiger partial charge in [0.05, 0.1) is 30.9 Å². The number of cyclic esters (lactones) is 1. The van der Waals surface area contributed by atoms with E-state index in [4.69, 9.17) is 9.47 Å². The van der Waals surface area contributed by atoms with Crippen LogP contribution >= 0.6 is 0 Å². The number of benzene rings is 1. The van der Waals surface area contributed by atoms with Gasteiger partial charge in [-0.05, 0) is 12.1 Å². The van der Waals surface area contributed by atoms with Crippen molar-refractivity contribution < 1.29 is 23.9 Å². The van der Waals surface area contributed by atoms with E-state index in [1.165, 1.54) is 11.8 Å². The number of rotatable bonds is 4. The van der Waals surface area contributed by atoms with Gasteiger partial charge in [0.25, 0.3) is 0 Å².